The van der Waals surface area contributed by atoms with Crippen LogP contribution in [-0.4, -0.2) is 47.5 Å². The fraction of sp³-hybridized carbons (Fsp3) is 0.464. The minimum Gasteiger partial charge on any atom is -0.497 e. The number of hydrogen-bond donors (Lipinski definition) is 4. The number of H-pyrrole nitrogens is 1. The number of aliphatic hydroxyl groups excluding tert-OH is 1. The second-order valence-electron chi connectivity index (χ2n) is 9.88. The van der Waals surface area contributed by atoms with Crippen LogP contribution in [0.15, 0.2) is 54.7 Å². The first kappa shape index (κ1) is 26.7. The van der Waals surface area contributed by atoms with Crippen molar-refractivity contribution in [1.82, 2.24) is 10.3 Å². The zero-order valence-electron chi connectivity index (χ0n) is 20.9. The third kappa shape index (κ3) is 8.08. The number of fused-ring (bicyclic) bond motifs is 1. The average molecular weight is 484 g/mol. The van der Waals surface area contributed by atoms with Gasteiger partial charge in [-0.15, -0.1) is 0 Å². The van der Waals surface area contributed by atoms with Crippen LogP contribution in [0.5, 0.6) is 5.75 Å². The Labute approximate surface area is 207 Å². The highest BCUT2D eigenvalue weighted by atomic mass is 19.1. The molecule has 190 valence electrons. The van der Waals surface area contributed by atoms with Crippen LogP contribution < -0.4 is 15.8 Å². The predicted molar refractivity (Wildman–Crippen MR) is 138 cm³/mol. The minimum absolute atomic E-state index is 0.179. The van der Waals surface area contributed by atoms with Gasteiger partial charge >= 0.3 is 0 Å². The lowest BCUT2D eigenvalue weighted by Crippen LogP contribution is -2.41. The summed E-state index contributed by atoms with van der Waals surface area (Å²) in [6.07, 6.45) is 3.01. The number of aliphatic hydroxyl groups is 1. The average Bonchev–Trinajstić information content (AvgIpc) is 3.23. The van der Waals surface area contributed by atoms with E-state index in [1.807, 2.05) is 54.7 Å². The van der Waals surface area contributed by atoms with Crippen LogP contribution in [0, 0.1) is 5.92 Å². The van der Waals surface area contributed by atoms with Gasteiger partial charge in [0.2, 0.25) is 5.91 Å². The summed E-state index contributed by atoms with van der Waals surface area (Å²) in [7, 11) is 1.63. The van der Waals surface area contributed by atoms with Gasteiger partial charge in [0.05, 0.1) is 13.2 Å². The third-order valence-electron chi connectivity index (χ3n) is 6.46. The van der Waals surface area contributed by atoms with Crippen LogP contribution in [0.3, 0.4) is 0 Å². The molecule has 0 unspecified atom stereocenters. The maximum Gasteiger partial charge on any atom is 0.223 e. The van der Waals surface area contributed by atoms with Crippen molar-refractivity contribution in [3.05, 3.63) is 65.9 Å². The van der Waals surface area contributed by atoms with E-state index in [4.69, 9.17) is 10.5 Å². The van der Waals surface area contributed by atoms with Crippen molar-refractivity contribution < 1.29 is 19.0 Å². The Hall–Kier alpha value is -2.90. The lowest BCUT2D eigenvalue weighted by atomic mass is 9.88. The van der Waals surface area contributed by atoms with Crippen LogP contribution in [0.25, 0.3) is 10.9 Å². The van der Waals surface area contributed by atoms with Crippen LogP contribution in [-0.2, 0) is 17.6 Å². The van der Waals surface area contributed by atoms with Gasteiger partial charge in [0.15, 0.2) is 0 Å². The van der Waals surface area contributed by atoms with Gasteiger partial charge in [-0.25, -0.2) is 4.39 Å². The molecule has 1 heterocycles. The number of amides is 1. The molecule has 2 aromatic carbocycles. The Balaban J connectivity index is 1.58. The van der Waals surface area contributed by atoms with E-state index in [0.717, 1.165) is 27.8 Å². The zero-order valence-corrected chi connectivity index (χ0v) is 20.9. The van der Waals surface area contributed by atoms with Gasteiger partial charge in [0.25, 0.3) is 0 Å². The summed E-state index contributed by atoms with van der Waals surface area (Å²) in [5.74, 6) is 0.0812. The van der Waals surface area contributed by atoms with Crippen LogP contribution in [0.1, 0.15) is 44.2 Å². The number of carbonyl (C=O) groups excluding carboxylic acids is 1. The van der Waals surface area contributed by atoms with Crippen molar-refractivity contribution in [3.8, 4) is 5.75 Å². The first-order chi connectivity index (χ1) is 16.7. The maximum absolute atomic E-state index is 14.2. The van der Waals surface area contributed by atoms with E-state index in [-0.39, 0.29) is 18.7 Å². The summed E-state index contributed by atoms with van der Waals surface area (Å²) in [5.41, 5.74) is 7.96. The fourth-order valence-corrected chi connectivity index (χ4v) is 4.33. The normalized spacial score (nSPS) is 14.5. The lowest BCUT2D eigenvalue weighted by molar-refractivity contribution is -0.126. The number of aromatic nitrogens is 1. The number of alkyl halides is 1. The van der Waals surface area contributed by atoms with E-state index in [9.17, 15) is 14.3 Å². The molecule has 3 aromatic rings. The number of nitrogens with one attached hydrogen (secondary N) is 2. The standard InChI is InChI=1S/C28H38FN3O3/c1-28(2,29)13-11-20(16-26(33)24(30)15-19-7-5-4-6-8-19)27(34)31-14-12-21-18-32-25-17-22(35-3)9-10-23(21)25/h4-10,17-18,20,24,26,32-33H,11-16,30H2,1-3H3,(H,31,34)/t20-,24+,26+/m1/s1. The van der Waals surface area contributed by atoms with Gasteiger partial charge in [-0.2, -0.15) is 0 Å². The number of rotatable bonds is 13. The van der Waals surface area contributed by atoms with E-state index in [0.29, 0.717) is 25.8 Å². The van der Waals surface area contributed by atoms with Crippen molar-refractivity contribution >= 4 is 16.8 Å². The number of carbonyl (C=O) groups is 1. The van der Waals surface area contributed by atoms with Gasteiger partial charge < -0.3 is 25.9 Å². The summed E-state index contributed by atoms with van der Waals surface area (Å²) >= 11 is 0. The number of hydrogen-bond acceptors (Lipinski definition) is 4. The molecule has 7 heteroatoms. The topological polar surface area (TPSA) is 100 Å². The van der Waals surface area contributed by atoms with Crippen molar-refractivity contribution in [3.63, 3.8) is 0 Å². The molecule has 1 amide bonds. The van der Waals surface area contributed by atoms with Crippen LogP contribution >= 0.6 is 0 Å². The van der Waals surface area contributed by atoms with Gasteiger partial charge in [-0.3, -0.25) is 4.79 Å². The lowest BCUT2D eigenvalue weighted by Gasteiger charge is -2.25. The van der Waals surface area contributed by atoms with Gasteiger partial charge in [-0.05, 0) is 69.2 Å². The summed E-state index contributed by atoms with van der Waals surface area (Å²) in [4.78, 5) is 16.3. The van der Waals surface area contributed by atoms with Crippen molar-refractivity contribution in [1.29, 1.82) is 0 Å². The van der Waals surface area contributed by atoms with Gasteiger partial charge in [0.1, 0.15) is 11.4 Å². The molecular formula is C28H38FN3O3. The molecule has 0 saturated heterocycles. The molecule has 0 fully saturated rings. The number of halogens is 1. The number of nitrogens with two attached hydrogens (primary N) is 1. The largest absolute Gasteiger partial charge is 0.497 e. The summed E-state index contributed by atoms with van der Waals surface area (Å²) < 4.78 is 19.5. The predicted octanol–water partition coefficient (Wildman–Crippen LogP) is 4.30. The summed E-state index contributed by atoms with van der Waals surface area (Å²) in [5, 5.41) is 14.8. The van der Waals surface area contributed by atoms with Crippen LogP contribution in [0.2, 0.25) is 0 Å². The molecule has 6 nitrogen and oxygen atoms in total. The smallest absolute Gasteiger partial charge is 0.223 e. The summed E-state index contributed by atoms with van der Waals surface area (Å²) in [6.45, 7) is 3.45. The minimum atomic E-state index is -1.39. The SMILES string of the molecule is COc1ccc2c(CCNC(=O)[C@H](CCC(C)(C)F)C[C@H](O)[C@@H](N)Cc3ccccc3)c[nH]c2c1. The van der Waals surface area contributed by atoms with Crippen molar-refractivity contribution in [2.75, 3.05) is 13.7 Å². The first-order valence-corrected chi connectivity index (χ1v) is 12.2. The number of methoxy groups -OCH3 is 1. The molecule has 35 heavy (non-hydrogen) atoms. The molecule has 5 N–H and O–H groups in total. The highest BCUT2D eigenvalue weighted by Crippen LogP contribution is 2.25. The monoisotopic (exact) mass is 483 g/mol. The summed E-state index contributed by atoms with van der Waals surface area (Å²) in [6, 6.07) is 15.0. The Kier molecular flexibility index (Phi) is 9.29. The highest BCUT2D eigenvalue weighted by molar-refractivity contribution is 5.84. The van der Waals surface area contributed by atoms with E-state index in [1.54, 1.807) is 7.11 Å². The number of aromatic amines is 1. The quantitative estimate of drug-likeness (QED) is 0.291. The number of ether oxygens (including phenoxy) is 1. The molecular weight excluding hydrogens is 445 g/mol. The Morgan fingerprint density at radius 1 is 1.23 bits per heavy atom. The van der Waals surface area contributed by atoms with E-state index in [1.165, 1.54) is 13.8 Å². The molecule has 0 bridgehead atoms. The molecule has 0 aliphatic heterocycles. The molecule has 0 aliphatic rings. The first-order valence-electron chi connectivity index (χ1n) is 12.2. The second kappa shape index (κ2) is 12.2. The van der Waals surface area contributed by atoms with Gasteiger partial charge in [0, 0.05) is 41.7 Å². The van der Waals surface area contributed by atoms with E-state index < -0.39 is 23.7 Å². The Morgan fingerprint density at radius 3 is 2.66 bits per heavy atom. The third-order valence-corrected chi connectivity index (χ3v) is 6.46. The maximum atomic E-state index is 14.2. The van der Waals surface area contributed by atoms with E-state index in [2.05, 4.69) is 10.3 Å². The van der Waals surface area contributed by atoms with Crippen molar-refractivity contribution in [2.24, 2.45) is 11.7 Å². The number of benzene rings is 2. The molecule has 3 atom stereocenters. The molecule has 0 radical (unpaired) electrons. The second-order valence-corrected chi connectivity index (χ2v) is 9.88. The van der Waals surface area contributed by atoms with E-state index >= 15 is 0 Å². The zero-order chi connectivity index (χ0) is 25.4. The molecule has 0 aliphatic carbocycles. The van der Waals surface area contributed by atoms with Crippen molar-refractivity contribution in [2.45, 2.75) is 63.8 Å². The molecule has 0 saturated carbocycles. The highest BCUT2D eigenvalue weighted by Gasteiger charge is 2.28. The van der Waals surface area contributed by atoms with Crippen LogP contribution in [0.4, 0.5) is 4.39 Å². The molecule has 1 aromatic heterocycles. The fourth-order valence-electron chi connectivity index (χ4n) is 4.33. The molecule has 3 rings (SSSR count). The Morgan fingerprint density at radius 2 is 1.97 bits per heavy atom. The molecule has 0 spiro atoms. The van der Waals surface area contributed by atoms with Gasteiger partial charge in [-0.1, -0.05) is 30.3 Å². The Bertz CT molecular complexity index is 1080.